The Balaban J connectivity index is 2.31. The molecule has 100 valence electrons. The number of carbonyl (C=O) groups is 1. The van der Waals surface area contributed by atoms with Gasteiger partial charge in [-0.15, -0.1) is 11.3 Å². The van der Waals surface area contributed by atoms with Crippen LogP contribution in [0.15, 0.2) is 17.8 Å². The molecular formula is C12H12FN3O2S. The lowest BCUT2D eigenvalue weighted by molar-refractivity contribution is 0.0696. The lowest BCUT2D eigenvalue weighted by atomic mass is 10.2. The third-order valence-corrected chi connectivity index (χ3v) is 3.57. The second-order valence-electron chi connectivity index (χ2n) is 4.05. The van der Waals surface area contributed by atoms with Crippen molar-refractivity contribution in [2.75, 3.05) is 11.9 Å². The number of anilines is 1. The standard InChI is InChI=1S/C12H12FN3O2S/c1-7-10(19-6-15-7)5-16(2)11-9(12(17)18)3-8(13)4-14-11/h3-4,6H,5H2,1-2H3,(H,17,18). The van der Waals surface area contributed by atoms with Gasteiger partial charge in [-0.2, -0.15) is 0 Å². The van der Waals surface area contributed by atoms with Crippen LogP contribution in [0.2, 0.25) is 0 Å². The van der Waals surface area contributed by atoms with Crippen molar-refractivity contribution in [3.8, 4) is 0 Å². The van der Waals surface area contributed by atoms with Gasteiger partial charge in [0.25, 0.3) is 0 Å². The van der Waals surface area contributed by atoms with E-state index in [0.29, 0.717) is 6.54 Å². The van der Waals surface area contributed by atoms with Gasteiger partial charge in [0.2, 0.25) is 0 Å². The number of aromatic carboxylic acids is 1. The number of hydrogen-bond acceptors (Lipinski definition) is 5. The maximum atomic E-state index is 13.1. The Morgan fingerprint density at radius 1 is 1.53 bits per heavy atom. The molecule has 0 amide bonds. The second kappa shape index (κ2) is 5.31. The van der Waals surface area contributed by atoms with Crippen molar-refractivity contribution in [1.82, 2.24) is 9.97 Å². The number of carboxylic acids is 1. The molecule has 19 heavy (non-hydrogen) atoms. The summed E-state index contributed by atoms with van der Waals surface area (Å²) in [5.41, 5.74) is 2.48. The first-order valence-electron chi connectivity index (χ1n) is 5.48. The normalized spacial score (nSPS) is 10.5. The van der Waals surface area contributed by atoms with E-state index >= 15 is 0 Å². The Morgan fingerprint density at radius 3 is 2.84 bits per heavy atom. The van der Waals surface area contributed by atoms with E-state index < -0.39 is 11.8 Å². The van der Waals surface area contributed by atoms with Crippen LogP contribution in [-0.2, 0) is 6.54 Å². The van der Waals surface area contributed by atoms with Crippen molar-refractivity contribution < 1.29 is 14.3 Å². The molecule has 0 bridgehead atoms. The van der Waals surface area contributed by atoms with Gasteiger partial charge in [-0.25, -0.2) is 19.2 Å². The lowest BCUT2D eigenvalue weighted by Gasteiger charge is -2.19. The number of aromatic nitrogens is 2. The number of rotatable bonds is 4. The summed E-state index contributed by atoms with van der Waals surface area (Å²) in [6.45, 7) is 2.37. The van der Waals surface area contributed by atoms with Crippen molar-refractivity contribution >= 4 is 23.1 Å². The van der Waals surface area contributed by atoms with Crippen LogP contribution in [0, 0.1) is 12.7 Å². The molecule has 0 fully saturated rings. The van der Waals surface area contributed by atoms with Gasteiger partial charge in [-0.1, -0.05) is 0 Å². The Morgan fingerprint density at radius 2 is 2.26 bits per heavy atom. The molecule has 0 radical (unpaired) electrons. The highest BCUT2D eigenvalue weighted by Gasteiger charge is 2.17. The van der Waals surface area contributed by atoms with Gasteiger partial charge in [-0.05, 0) is 13.0 Å². The van der Waals surface area contributed by atoms with Gasteiger partial charge < -0.3 is 10.0 Å². The summed E-state index contributed by atoms with van der Waals surface area (Å²) in [7, 11) is 1.71. The predicted octanol–water partition coefficient (Wildman–Crippen LogP) is 2.32. The molecule has 0 atom stereocenters. The monoisotopic (exact) mass is 281 g/mol. The molecule has 0 spiro atoms. The van der Waals surface area contributed by atoms with Crippen molar-refractivity contribution in [2.24, 2.45) is 0 Å². The lowest BCUT2D eigenvalue weighted by Crippen LogP contribution is -2.21. The molecule has 0 saturated heterocycles. The van der Waals surface area contributed by atoms with Crippen LogP contribution >= 0.6 is 11.3 Å². The third-order valence-electron chi connectivity index (χ3n) is 2.65. The van der Waals surface area contributed by atoms with E-state index in [1.165, 1.54) is 11.3 Å². The highest BCUT2D eigenvalue weighted by molar-refractivity contribution is 7.09. The summed E-state index contributed by atoms with van der Waals surface area (Å²) >= 11 is 1.49. The molecule has 1 N–H and O–H groups in total. The minimum absolute atomic E-state index is 0.148. The summed E-state index contributed by atoms with van der Waals surface area (Å²) < 4.78 is 13.1. The van der Waals surface area contributed by atoms with Crippen LogP contribution in [-0.4, -0.2) is 28.1 Å². The molecule has 2 aromatic heterocycles. The Bertz CT molecular complexity index is 615. The third kappa shape index (κ3) is 2.87. The zero-order valence-electron chi connectivity index (χ0n) is 10.4. The van der Waals surface area contributed by atoms with E-state index in [1.807, 2.05) is 6.92 Å². The topological polar surface area (TPSA) is 66.3 Å². The van der Waals surface area contributed by atoms with E-state index in [2.05, 4.69) is 9.97 Å². The molecule has 2 aromatic rings. The zero-order valence-corrected chi connectivity index (χ0v) is 11.2. The summed E-state index contributed by atoms with van der Waals surface area (Å²) in [5, 5.41) is 9.08. The van der Waals surface area contributed by atoms with Crippen LogP contribution in [0.4, 0.5) is 10.2 Å². The fourth-order valence-corrected chi connectivity index (χ4v) is 2.49. The minimum Gasteiger partial charge on any atom is -0.478 e. The number of halogens is 1. The molecule has 7 heteroatoms. The van der Waals surface area contributed by atoms with Crippen LogP contribution in [0.5, 0.6) is 0 Å². The summed E-state index contributed by atoms with van der Waals surface area (Å²) in [6.07, 6.45) is 1.01. The molecule has 2 heterocycles. The van der Waals surface area contributed by atoms with E-state index in [0.717, 1.165) is 22.8 Å². The molecule has 0 saturated carbocycles. The van der Waals surface area contributed by atoms with E-state index in [-0.39, 0.29) is 11.4 Å². The molecule has 0 aromatic carbocycles. The molecular weight excluding hydrogens is 269 g/mol. The highest BCUT2D eigenvalue weighted by atomic mass is 32.1. The van der Waals surface area contributed by atoms with E-state index in [4.69, 9.17) is 5.11 Å². The largest absolute Gasteiger partial charge is 0.478 e. The number of hydrogen-bond donors (Lipinski definition) is 1. The van der Waals surface area contributed by atoms with Crippen molar-refractivity contribution in [1.29, 1.82) is 0 Å². The van der Waals surface area contributed by atoms with Gasteiger partial charge in [0, 0.05) is 11.9 Å². The smallest absolute Gasteiger partial charge is 0.339 e. The van der Waals surface area contributed by atoms with Crippen LogP contribution < -0.4 is 4.90 Å². The number of carboxylic acid groups (broad SMARTS) is 1. The maximum Gasteiger partial charge on any atom is 0.339 e. The fraction of sp³-hybridized carbons (Fsp3) is 0.250. The Hall–Kier alpha value is -2.02. The number of aryl methyl sites for hydroxylation is 1. The zero-order chi connectivity index (χ0) is 14.0. The number of nitrogens with zero attached hydrogens (tertiary/aromatic N) is 3. The van der Waals surface area contributed by atoms with Crippen molar-refractivity contribution in [3.05, 3.63) is 39.7 Å². The first-order valence-corrected chi connectivity index (χ1v) is 6.36. The van der Waals surface area contributed by atoms with Crippen LogP contribution in [0.3, 0.4) is 0 Å². The highest BCUT2D eigenvalue weighted by Crippen LogP contribution is 2.22. The molecule has 0 aliphatic rings. The average molecular weight is 281 g/mol. The summed E-state index contributed by atoms with van der Waals surface area (Å²) in [6, 6.07) is 0.973. The SMILES string of the molecule is Cc1ncsc1CN(C)c1ncc(F)cc1C(=O)O. The molecule has 0 unspecified atom stereocenters. The molecule has 0 aliphatic heterocycles. The molecule has 5 nitrogen and oxygen atoms in total. The van der Waals surface area contributed by atoms with Crippen molar-refractivity contribution in [2.45, 2.75) is 13.5 Å². The minimum atomic E-state index is -1.20. The first kappa shape index (κ1) is 13.4. The van der Waals surface area contributed by atoms with Gasteiger partial charge in [0.1, 0.15) is 17.2 Å². The van der Waals surface area contributed by atoms with Crippen LogP contribution in [0.25, 0.3) is 0 Å². The average Bonchev–Trinajstić information content (AvgIpc) is 2.74. The van der Waals surface area contributed by atoms with Gasteiger partial charge in [0.05, 0.1) is 23.9 Å². The Labute approximate surface area is 113 Å². The van der Waals surface area contributed by atoms with Gasteiger partial charge in [0.15, 0.2) is 0 Å². The quantitative estimate of drug-likeness (QED) is 0.931. The van der Waals surface area contributed by atoms with E-state index in [1.54, 1.807) is 17.5 Å². The number of thiazole rings is 1. The molecule has 0 aliphatic carbocycles. The van der Waals surface area contributed by atoms with E-state index in [9.17, 15) is 9.18 Å². The van der Waals surface area contributed by atoms with Crippen LogP contribution in [0.1, 0.15) is 20.9 Å². The predicted molar refractivity (Wildman–Crippen MR) is 70.1 cm³/mol. The molecule has 2 rings (SSSR count). The second-order valence-corrected chi connectivity index (χ2v) is 4.99. The van der Waals surface area contributed by atoms with Gasteiger partial charge in [-0.3, -0.25) is 0 Å². The van der Waals surface area contributed by atoms with Crippen molar-refractivity contribution in [3.63, 3.8) is 0 Å². The summed E-state index contributed by atoms with van der Waals surface area (Å²) in [5.74, 6) is -1.62. The fourth-order valence-electron chi connectivity index (χ4n) is 1.66. The first-order chi connectivity index (χ1) is 8.99. The number of pyridine rings is 1. The summed E-state index contributed by atoms with van der Waals surface area (Å²) in [4.78, 5) is 21.8. The van der Waals surface area contributed by atoms with Gasteiger partial charge >= 0.3 is 5.97 Å². The Kier molecular flexibility index (Phi) is 3.75. The maximum absolute atomic E-state index is 13.1.